The molecule has 1 rings (SSSR count). The molecule has 1 saturated carbocycles. The summed E-state index contributed by atoms with van der Waals surface area (Å²) in [5.41, 5.74) is 0.879. The van der Waals surface area contributed by atoms with Gasteiger partial charge in [-0.05, 0) is 12.8 Å². The lowest BCUT2D eigenvalue weighted by Crippen LogP contribution is -2.20. The molecule has 0 aliphatic heterocycles. The molecule has 4 heteroatoms. The van der Waals surface area contributed by atoms with Crippen LogP contribution >= 0.6 is 0 Å². The molecule has 3 nitrogen and oxygen atoms in total. The van der Waals surface area contributed by atoms with Crippen LogP contribution in [0, 0.1) is 5.92 Å². The highest BCUT2D eigenvalue weighted by atomic mass is 32.2. The van der Waals surface area contributed by atoms with Crippen molar-refractivity contribution in [1.82, 2.24) is 0 Å². The predicted molar refractivity (Wildman–Crippen MR) is 52.2 cm³/mol. The number of rotatable bonds is 3. The topological polar surface area (TPSA) is 54.4 Å². The molecule has 0 aromatic heterocycles. The van der Waals surface area contributed by atoms with Crippen LogP contribution in [-0.4, -0.2) is 31.1 Å². The second-order valence-electron chi connectivity index (χ2n) is 3.55. The largest absolute Gasteiger partial charge is 0.396 e. The van der Waals surface area contributed by atoms with E-state index in [-0.39, 0.29) is 23.5 Å². The second-order valence-corrected chi connectivity index (χ2v) is 6.12. The van der Waals surface area contributed by atoms with Gasteiger partial charge in [0.25, 0.3) is 0 Å². The maximum Gasteiger partial charge on any atom is 0.153 e. The van der Waals surface area contributed by atoms with Gasteiger partial charge in [-0.3, -0.25) is 0 Å². The number of aliphatic hydroxyl groups excluding tert-OH is 1. The first kappa shape index (κ1) is 10.7. The van der Waals surface area contributed by atoms with Gasteiger partial charge in [0.15, 0.2) is 9.84 Å². The summed E-state index contributed by atoms with van der Waals surface area (Å²) < 4.78 is 23.0. The summed E-state index contributed by atoms with van der Waals surface area (Å²) in [6, 6.07) is 0. The van der Waals surface area contributed by atoms with Crippen LogP contribution in [0.25, 0.3) is 0 Å². The summed E-state index contributed by atoms with van der Waals surface area (Å²) in [4.78, 5) is 0. The molecule has 0 aromatic rings. The van der Waals surface area contributed by atoms with Crippen LogP contribution in [-0.2, 0) is 9.84 Å². The van der Waals surface area contributed by atoms with Crippen molar-refractivity contribution in [2.45, 2.75) is 25.0 Å². The van der Waals surface area contributed by atoms with Crippen LogP contribution in [0.3, 0.4) is 0 Å². The van der Waals surface area contributed by atoms with Crippen LogP contribution in [0.15, 0.2) is 12.2 Å². The normalized spacial score (nSPS) is 29.5. The van der Waals surface area contributed by atoms with E-state index in [4.69, 9.17) is 5.11 Å². The fourth-order valence-corrected chi connectivity index (χ4v) is 3.20. The number of sulfone groups is 1. The Morgan fingerprint density at radius 1 is 1.62 bits per heavy atom. The summed E-state index contributed by atoms with van der Waals surface area (Å²) in [7, 11) is -2.95. The molecule has 1 aliphatic rings. The first-order chi connectivity index (χ1) is 6.01. The molecule has 0 aromatic carbocycles. The molecule has 0 amide bonds. The molecule has 0 spiro atoms. The van der Waals surface area contributed by atoms with E-state index >= 15 is 0 Å². The summed E-state index contributed by atoms with van der Waals surface area (Å²) in [6.45, 7) is 5.46. The molecule has 1 fully saturated rings. The van der Waals surface area contributed by atoms with Gasteiger partial charge in [0.2, 0.25) is 0 Å². The molecule has 76 valence electrons. The van der Waals surface area contributed by atoms with Gasteiger partial charge >= 0.3 is 0 Å². The van der Waals surface area contributed by atoms with Crippen molar-refractivity contribution in [3.63, 3.8) is 0 Å². The Labute approximate surface area is 79.4 Å². The Kier molecular flexibility index (Phi) is 3.14. The summed E-state index contributed by atoms with van der Waals surface area (Å²) in [5, 5.41) is 8.63. The molecule has 1 aliphatic carbocycles. The lowest BCUT2D eigenvalue weighted by atomic mass is 10.1. The van der Waals surface area contributed by atoms with Crippen molar-refractivity contribution < 1.29 is 13.5 Å². The zero-order valence-corrected chi connectivity index (χ0v) is 8.68. The van der Waals surface area contributed by atoms with Gasteiger partial charge in [0.05, 0.1) is 5.25 Å². The van der Waals surface area contributed by atoms with Gasteiger partial charge in [0, 0.05) is 18.3 Å². The zero-order chi connectivity index (χ0) is 10.1. The molecule has 2 atom stereocenters. The molecule has 2 unspecified atom stereocenters. The van der Waals surface area contributed by atoms with E-state index in [1.165, 1.54) is 0 Å². The lowest BCUT2D eigenvalue weighted by molar-refractivity contribution is 0.249. The van der Waals surface area contributed by atoms with Crippen LogP contribution < -0.4 is 0 Å². The van der Waals surface area contributed by atoms with E-state index in [9.17, 15) is 8.42 Å². The maximum atomic E-state index is 11.5. The minimum absolute atomic E-state index is 0.00803. The number of aliphatic hydroxyl groups is 1. The average Bonchev–Trinajstić information content (AvgIpc) is 2.47. The van der Waals surface area contributed by atoms with E-state index in [1.807, 2.05) is 0 Å². The van der Waals surface area contributed by atoms with Gasteiger partial charge in [-0.1, -0.05) is 19.1 Å². The van der Waals surface area contributed by atoms with Crippen molar-refractivity contribution in [3.8, 4) is 0 Å². The van der Waals surface area contributed by atoms with E-state index in [2.05, 4.69) is 6.58 Å². The molecule has 0 bridgehead atoms. The third kappa shape index (κ3) is 2.11. The van der Waals surface area contributed by atoms with Crippen LogP contribution in [0.4, 0.5) is 0 Å². The van der Waals surface area contributed by atoms with Crippen molar-refractivity contribution in [1.29, 1.82) is 0 Å². The third-order valence-electron chi connectivity index (χ3n) is 2.75. The van der Waals surface area contributed by atoms with Gasteiger partial charge in [-0.25, -0.2) is 8.42 Å². The van der Waals surface area contributed by atoms with Crippen molar-refractivity contribution in [2.75, 3.05) is 12.4 Å². The lowest BCUT2D eigenvalue weighted by Gasteiger charge is -2.08. The van der Waals surface area contributed by atoms with E-state index in [0.29, 0.717) is 12.8 Å². The molecule has 0 heterocycles. The first-order valence-corrected chi connectivity index (χ1v) is 6.23. The highest BCUT2D eigenvalue weighted by molar-refractivity contribution is 7.92. The minimum atomic E-state index is -2.95. The quantitative estimate of drug-likeness (QED) is 0.690. The Hall–Kier alpha value is -0.350. The minimum Gasteiger partial charge on any atom is -0.396 e. The van der Waals surface area contributed by atoms with Gasteiger partial charge in [0.1, 0.15) is 0 Å². The van der Waals surface area contributed by atoms with E-state index in [0.717, 1.165) is 5.57 Å². The Morgan fingerprint density at radius 2 is 2.23 bits per heavy atom. The van der Waals surface area contributed by atoms with Gasteiger partial charge < -0.3 is 5.11 Å². The second kappa shape index (κ2) is 3.80. The predicted octanol–water partition coefficient (Wildman–Crippen LogP) is 0.748. The highest BCUT2D eigenvalue weighted by Gasteiger charge is 2.34. The van der Waals surface area contributed by atoms with Crippen molar-refractivity contribution in [2.24, 2.45) is 5.92 Å². The fourth-order valence-electron chi connectivity index (χ4n) is 1.74. The Balaban J connectivity index is 2.74. The van der Waals surface area contributed by atoms with Gasteiger partial charge in [-0.15, -0.1) is 0 Å². The smallest absolute Gasteiger partial charge is 0.153 e. The first-order valence-electron chi connectivity index (χ1n) is 4.51. The zero-order valence-electron chi connectivity index (χ0n) is 7.86. The summed E-state index contributed by atoms with van der Waals surface area (Å²) in [6.07, 6.45) is 1.08. The SMILES string of the molecule is C=C1CC(S(=O)(=O)CC)CC1CO. The van der Waals surface area contributed by atoms with E-state index in [1.54, 1.807) is 6.92 Å². The van der Waals surface area contributed by atoms with E-state index < -0.39 is 9.84 Å². The fraction of sp³-hybridized carbons (Fsp3) is 0.778. The van der Waals surface area contributed by atoms with Crippen molar-refractivity contribution in [3.05, 3.63) is 12.2 Å². The molecular weight excluding hydrogens is 188 g/mol. The molecule has 0 saturated heterocycles. The van der Waals surface area contributed by atoms with Crippen molar-refractivity contribution >= 4 is 9.84 Å². The molecule has 1 N–H and O–H groups in total. The molecule has 0 radical (unpaired) electrons. The number of hydrogen-bond acceptors (Lipinski definition) is 3. The van der Waals surface area contributed by atoms with Gasteiger partial charge in [-0.2, -0.15) is 0 Å². The molecule has 13 heavy (non-hydrogen) atoms. The summed E-state index contributed by atoms with van der Waals surface area (Å²) in [5.74, 6) is 0.176. The van der Waals surface area contributed by atoms with Crippen LogP contribution in [0.2, 0.25) is 0 Å². The molecular formula is C9H16O3S. The summed E-state index contributed by atoms with van der Waals surface area (Å²) >= 11 is 0. The number of hydrogen-bond donors (Lipinski definition) is 1. The maximum absolute atomic E-state index is 11.5. The van der Waals surface area contributed by atoms with Crippen LogP contribution in [0.1, 0.15) is 19.8 Å². The third-order valence-corrected chi connectivity index (χ3v) is 4.92. The average molecular weight is 204 g/mol. The standard InChI is InChI=1S/C9H16O3S/c1-3-13(11,12)9-4-7(2)8(5-9)6-10/h8-10H,2-6H2,1H3. The Bertz CT molecular complexity index is 292. The Morgan fingerprint density at radius 3 is 2.62 bits per heavy atom. The highest BCUT2D eigenvalue weighted by Crippen LogP contribution is 2.34. The monoisotopic (exact) mass is 204 g/mol. The van der Waals surface area contributed by atoms with Crippen LogP contribution in [0.5, 0.6) is 0 Å².